The third-order valence-corrected chi connectivity index (χ3v) is 4.96. The zero-order valence-electron chi connectivity index (χ0n) is 17.8. The Morgan fingerprint density at radius 1 is 1.34 bits per heavy atom. The molecule has 0 aliphatic carbocycles. The van der Waals surface area contributed by atoms with Crippen LogP contribution in [0.4, 0.5) is 5.69 Å². The minimum atomic E-state index is -0.643. The van der Waals surface area contributed by atoms with Crippen LogP contribution in [0.25, 0.3) is 11.1 Å². The molecule has 0 spiro atoms. The second kappa shape index (κ2) is 9.54. The molecule has 1 atom stereocenters. The van der Waals surface area contributed by atoms with Gasteiger partial charge in [0.05, 0.1) is 23.3 Å². The molecule has 32 heavy (non-hydrogen) atoms. The van der Waals surface area contributed by atoms with E-state index in [1.54, 1.807) is 24.3 Å². The van der Waals surface area contributed by atoms with Gasteiger partial charge in [-0.05, 0) is 22.8 Å². The number of nitrogens with two attached hydrogens (primary N) is 1. The summed E-state index contributed by atoms with van der Waals surface area (Å²) in [6, 6.07) is 8.47. The fourth-order valence-corrected chi connectivity index (χ4v) is 3.66. The predicted octanol–water partition coefficient (Wildman–Crippen LogP) is 2.02. The van der Waals surface area contributed by atoms with Gasteiger partial charge in [0.15, 0.2) is 5.75 Å². The van der Waals surface area contributed by atoms with Crippen molar-refractivity contribution in [3.05, 3.63) is 51.6 Å². The number of hydrogen-bond acceptors (Lipinski definition) is 9. The Labute approximate surface area is 183 Å². The molecule has 0 bridgehead atoms. The number of benzene rings is 2. The first-order chi connectivity index (χ1) is 15.3. The molecule has 0 saturated heterocycles. The SMILES string of the molecule is COc1c(OC(C)=O)cc(CNN)c(-c2ccc(C3=NNC(=O)CC3C)cc2)c1[N+](=O)[O-]. The predicted molar refractivity (Wildman–Crippen MR) is 116 cm³/mol. The lowest BCUT2D eigenvalue weighted by Crippen LogP contribution is -2.31. The average molecular weight is 441 g/mol. The lowest BCUT2D eigenvalue weighted by Gasteiger charge is -2.20. The number of ether oxygens (including phenoxy) is 2. The van der Waals surface area contributed by atoms with Gasteiger partial charge in [-0.1, -0.05) is 31.2 Å². The molecule has 3 rings (SSSR count). The van der Waals surface area contributed by atoms with Gasteiger partial charge in [-0.25, -0.2) is 5.43 Å². The number of carbonyl (C=O) groups excluding carboxylic acids is 2. The van der Waals surface area contributed by atoms with Crippen molar-refractivity contribution in [3.8, 4) is 22.6 Å². The second-order valence-corrected chi connectivity index (χ2v) is 7.24. The van der Waals surface area contributed by atoms with Crippen molar-refractivity contribution < 1.29 is 24.0 Å². The van der Waals surface area contributed by atoms with Crippen molar-refractivity contribution in [1.29, 1.82) is 0 Å². The van der Waals surface area contributed by atoms with Crippen molar-refractivity contribution >= 4 is 23.3 Å². The quantitative estimate of drug-likeness (QED) is 0.193. The van der Waals surface area contributed by atoms with E-state index in [0.717, 1.165) is 11.3 Å². The largest absolute Gasteiger partial charge is 0.488 e. The molecule has 1 unspecified atom stereocenters. The average Bonchev–Trinajstić information content (AvgIpc) is 2.73. The number of nitro groups is 1. The van der Waals surface area contributed by atoms with Gasteiger partial charge < -0.3 is 9.47 Å². The number of hydrazone groups is 1. The lowest BCUT2D eigenvalue weighted by molar-refractivity contribution is -0.385. The summed E-state index contributed by atoms with van der Waals surface area (Å²) in [6.07, 6.45) is 0.327. The molecule has 1 aliphatic rings. The Kier molecular flexibility index (Phi) is 6.81. The fourth-order valence-electron chi connectivity index (χ4n) is 3.66. The Morgan fingerprint density at radius 2 is 2.00 bits per heavy atom. The first-order valence-corrected chi connectivity index (χ1v) is 9.74. The van der Waals surface area contributed by atoms with Gasteiger partial charge in [-0.3, -0.25) is 31.0 Å². The van der Waals surface area contributed by atoms with E-state index >= 15 is 0 Å². The summed E-state index contributed by atoms with van der Waals surface area (Å²) in [5.41, 5.74) is 7.37. The van der Waals surface area contributed by atoms with Crippen LogP contribution in [0, 0.1) is 16.0 Å². The highest BCUT2D eigenvalue weighted by atomic mass is 16.6. The molecule has 0 aromatic heterocycles. The monoisotopic (exact) mass is 441 g/mol. The molecule has 0 radical (unpaired) electrons. The maximum atomic E-state index is 12.0. The van der Waals surface area contributed by atoms with E-state index in [9.17, 15) is 19.7 Å². The van der Waals surface area contributed by atoms with Crippen LogP contribution < -0.4 is 26.2 Å². The molecule has 11 heteroatoms. The van der Waals surface area contributed by atoms with Crippen LogP contribution in [-0.4, -0.2) is 29.6 Å². The summed E-state index contributed by atoms with van der Waals surface area (Å²) < 4.78 is 10.4. The number of hydrazine groups is 1. The first kappa shape index (κ1) is 22.8. The summed E-state index contributed by atoms with van der Waals surface area (Å²) in [5, 5.41) is 16.2. The Balaban J connectivity index is 2.16. The molecule has 11 nitrogen and oxygen atoms in total. The van der Waals surface area contributed by atoms with Gasteiger partial charge in [0.1, 0.15) is 0 Å². The third-order valence-electron chi connectivity index (χ3n) is 4.96. The maximum Gasteiger partial charge on any atom is 0.322 e. The van der Waals surface area contributed by atoms with E-state index in [0.29, 0.717) is 17.5 Å². The van der Waals surface area contributed by atoms with Gasteiger partial charge in [-0.15, -0.1) is 0 Å². The van der Waals surface area contributed by atoms with E-state index in [1.165, 1.54) is 20.1 Å². The summed E-state index contributed by atoms with van der Waals surface area (Å²) >= 11 is 0. The molecular formula is C21H23N5O6. The van der Waals surface area contributed by atoms with Gasteiger partial charge in [0.25, 0.3) is 0 Å². The Hall–Kier alpha value is -3.83. The van der Waals surface area contributed by atoms with Crippen LogP contribution in [0.1, 0.15) is 31.4 Å². The summed E-state index contributed by atoms with van der Waals surface area (Å²) in [7, 11) is 1.26. The number of methoxy groups -OCH3 is 1. The van der Waals surface area contributed by atoms with Crippen LogP contribution in [0.2, 0.25) is 0 Å². The van der Waals surface area contributed by atoms with Crippen LogP contribution >= 0.6 is 0 Å². The number of amides is 1. The summed E-state index contributed by atoms with van der Waals surface area (Å²) in [4.78, 5) is 34.4. The molecule has 2 aromatic carbocycles. The molecular weight excluding hydrogens is 418 g/mol. The highest BCUT2D eigenvalue weighted by molar-refractivity contribution is 6.06. The zero-order chi connectivity index (χ0) is 23.4. The standard InChI is InChI=1S/C21H23N5O6/c1-11-8-17(28)24-25-19(11)14-6-4-13(5-7-14)18-15(10-23-22)9-16(32-12(2)27)21(31-3)20(18)26(29)30/h4-7,9,11,23H,8,10,22H2,1-3H3,(H,24,28). The van der Waals surface area contributed by atoms with Crippen LogP contribution in [0.5, 0.6) is 11.5 Å². The van der Waals surface area contributed by atoms with Gasteiger partial charge in [0, 0.05) is 25.8 Å². The molecule has 2 aromatic rings. The van der Waals surface area contributed by atoms with Crippen molar-refractivity contribution in [2.45, 2.75) is 26.8 Å². The zero-order valence-corrected chi connectivity index (χ0v) is 17.8. The molecule has 0 fully saturated rings. The second-order valence-electron chi connectivity index (χ2n) is 7.24. The normalized spacial score (nSPS) is 15.6. The number of nitrogens with zero attached hydrogens (tertiary/aromatic N) is 2. The van der Waals surface area contributed by atoms with E-state index in [1.807, 2.05) is 6.92 Å². The number of nitrogens with one attached hydrogen (secondary N) is 2. The third kappa shape index (κ3) is 4.58. The summed E-state index contributed by atoms with van der Waals surface area (Å²) in [6.45, 7) is 3.17. The number of nitro benzene ring substituents is 1. The van der Waals surface area contributed by atoms with Crippen LogP contribution in [0.15, 0.2) is 35.4 Å². The Bertz CT molecular complexity index is 1100. The number of esters is 1. The van der Waals surface area contributed by atoms with Crippen LogP contribution in [0.3, 0.4) is 0 Å². The van der Waals surface area contributed by atoms with Crippen LogP contribution in [-0.2, 0) is 16.1 Å². The number of rotatable bonds is 7. The molecule has 1 heterocycles. The first-order valence-electron chi connectivity index (χ1n) is 9.74. The topological polar surface area (TPSA) is 158 Å². The number of hydrogen-bond donors (Lipinski definition) is 3. The van der Waals surface area contributed by atoms with Crippen molar-refractivity contribution in [2.24, 2.45) is 16.9 Å². The molecule has 0 saturated carbocycles. The minimum Gasteiger partial charge on any atom is -0.488 e. The van der Waals surface area contributed by atoms with Gasteiger partial charge in [0.2, 0.25) is 11.7 Å². The van der Waals surface area contributed by atoms with E-state index in [2.05, 4.69) is 16.0 Å². The molecule has 168 valence electrons. The lowest BCUT2D eigenvalue weighted by atomic mass is 9.91. The minimum absolute atomic E-state index is 0.0657. The van der Waals surface area contributed by atoms with Gasteiger partial charge in [-0.2, -0.15) is 5.10 Å². The smallest absolute Gasteiger partial charge is 0.322 e. The van der Waals surface area contributed by atoms with Gasteiger partial charge >= 0.3 is 11.7 Å². The van der Waals surface area contributed by atoms with E-state index < -0.39 is 10.9 Å². The number of carbonyl (C=O) groups is 2. The van der Waals surface area contributed by atoms with Crippen molar-refractivity contribution in [3.63, 3.8) is 0 Å². The molecule has 1 aliphatic heterocycles. The van der Waals surface area contributed by atoms with E-state index in [4.69, 9.17) is 15.3 Å². The van der Waals surface area contributed by atoms with Crippen molar-refractivity contribution in [1.82, 2.24) is 10.9 Å². The summed E-state index contributed by atoms with van der Waals surface area (Å²) in [5.74, 6) is 4.40. The fraction of sp³-hybridized carbons (Fsp3) is 0.286. The molecule has 1 amide bonds. The maximum absolute atomic E-state index is 12.0. The highest BCUT2D eigenvalue weighted by Gasteiger charge is 2.30. The van der Waals surface area contributed by atoms with E-state index in [-0.39, 0.29) is 41.1 Å². The van der Waals surface area contributed by atoms with Crippen molar-refractivity contribution in [2.75, 3.05) is 7.11 Å². The highest BCUT2D eigenvalue weighted by Crippen LogP contribution is 2.46. The molecule has 4 N–H and O–H groups in total. The Morgan fingerprint density at radius 3 is 2.53 bits per heavy atom.